The number of nitrogen functional groups attached to an aromatic ring is 1. The Kier molecular flexibility index (Phi) is 4.97. The topological polar surface area (TPSA) is 66.0 Å². The summed E-state index contributed by atoms with van der Waals surface area (Å²) < 4.78 is 7.41. The average Bonchev–Trinajstić information content (AvgIpc) is 3.54. The fourth-order valence-electron chi connectivity index (χ4n) is 4.01. The van der Waals surface area contributed by atoms with Gasteiger partial charge in [-0.25, -0.2) is 9.67 Å². The molecule has 0 unspecified atom stereocenters. The van der Waals surface area contributed by atoms with E-state index in [-0.39, 0.29) is 0 Å². The molecule has 4 aromatic rings. The molecule has 30 heavy (non-hydrogen) atoms. The maximum atomic E-state index is 5.89. The number of fused-ring (bicyclic) bond motifs is 1. The molecule has 5 heteroatoms. The minimum atomic E-state index is 0.477. The Balaban J connectivity index is 1.54. The first-order chi connectivity index (χ1) is 14.7. The van der Waals surface area contributed by atoms with Crippen LogP contribution in [0.4, 0.5) is 5.82 Å². The van der Waals surface area contributed by atoms with Gasteiger partial charge in [0.05, 0.1) is 23.5 Å². The van der Waals surface area contributed by atoms with E-state index in [0.717, 1.165) is 45.7 Å². The number of nitrogens with zero attached hydrogens (tertiary/aromatic N) is 3. The van der Waals surface area contributed by atoms with Crippen molar-refractivity contribution in [2.75, 3.05) is 12.8 Å². The van der Waals surface area contributed by atoms with E-state index in [4.69, 9.17) is 15.6 Å². The highest BCUT2D eigenvalue weighted by Crippen LogP contribution is 2.34. The van der Waals surface area contributed by atoms with Gasteiger partial charge in [0.15, 0.2) is 0 Å². The van der Waals surface area contributed by atoms with Crippen LogP contribution in [0.15, 0.2) is 60.8 Å². The van der Waals surface area contributed by atoms with E-state index < -0.39 is 0 Å². The lowest BCUT2D eigenvalue weighted by Gasteiger charge is -2.07. The van der Waals surface area contributed by atoms with Gasteiger partial charge in [-0.3, -0.25) is 0 Å². The second-order valence-electron chi connectivity index (χ2n) is 8.14. The highest BCUT2D eigenvalue weighted by Gasteiger charge is 2.20. The summed E-state index contributed by atoms with van der Waals surface area (Å²) in [7, 11) is 1.70. The maximum Gasteiger partial charge on any atom is 0.123 e. The van der Waals surface area contributed by atoms with E-state index in [1.807, 2.05) is 16.8 Å². The van der Waals surface area contributed by atoms with Crippen LogP contribution < -0.4 is 5.73 Å². The van der Waals surface area contributed by atoms with Crippen molar-refractivity contribution >= 4 is 16.7 Å². The molecule has 2 aromatic heterocycles. The quantitative estimate of drug-likeness (QED) is 0.467. The van der Waals surface area contributed by atoms with E-state index in [9.17, 15) is 0 Å². The monoisotopic (exact) mass is 398 g/mol. The number of ether oxygens (including phenoxy) is 1. The van der Waals surface area contributed by atoms with Crippen molar-refractivity contribution in [1.82, 2.24) is 14.8 Å². The molecule has 2 aromatic carbocycles. The smallest absolute Gasteiger partial charge is 0.123 e. The van der Waals surface area contributed by atoms with Crippen LogP contribution in [0.5, 0.6) is 0 Å². The number of aromatic nitrogens is 3. The highest BCUT2D eigenvalue weighted by molar-refractivity contribution is 5.88. The lowest BCUT2D eigenvalue weighted by atomic mass is 10.0. The lowest BCUT2D eigenvalue weighted by molar-refractivity contribution is 0.182. The van der Waals surface area contributed by atoms with Gasteiger partial charge in [-0.15, -0.1) is 0 Å². The molecule has 5 rings (SSSR count). The molecule has 0 amide bonds. The van der Waals surface area contributed by atoms with Gasteiger partial charge < -0.3 is 10.5 Å². The Bertz CT molecular complexity index is 1180. The molecule has 1 saturated carbocycles. The van der Waals surface area contributed by atoms with Crippen LogP contribution >= 0.6 is 0 Å². The number of hydrogen-bond donors (Lipinski definition) is 1. The second-order valence-corrected chi connectivity index (χ2v) is 8.14. The summed E-state index contributed by atoms with van der Waals surface area (Å²) in [6.45, 7) is 0.477. The van der Waals surface area contributed by atoms with Crippen LogP contribution in [0.3, 0.4) is 0 Å². The molecule has 2 N–H and O–H groups in total. The Morgan fingerprint density at radius 2 is 1.83 bits per heavy atom. The summed E-state index contributed by atoms with van der Waals surface area (Å²) in [5, 5.41) is 5.97. The number of hydrogen-bond acceptors (Lipinski definition) is 4. The van der Waals surface area contributed by atoms with Crippen LogP contribution in [0, 0.1) is 5.92 Å². The predicted molar refractivity (Wildman–Crippen MR) is 120 cm³/mol. The molecule has 152 valence electrons. The van der Waals surface area contributed by atoms with Crippen molar-refractivity contribution in [1.29, 1.82) is 0 Å². The Labute approximate surface area is 176 Å². The lowest BCUT2D eigenvalue weighted by Crippen LogP contribution is -1.98. The van der Waals surface area contributed by atoms with Crippen molar-refractivity contribution in [3.05, 3.63) is 72.1 Å². The number of pyridine rings is 1. The summed E-state index contributed by atoms with van der Waals surface area (Å²) in [5.41, 5.74) is 12.5. The van der Waals surface area contributed by atoms with Crippen molar-refractivity contribution in [2.45, 2.75) is 32.3 Å². The molecule has 0 bridgehead atoms. The van der Waals surface area contributed by atoms with Crippen LogP contribution in [0.2, 0.25) is 0 Å². The van der Waals surface area contributed by atoms with Crippen LogP contribution in [0.1, 0.15) is 30.5 Å². The van der Waals surface area contributed by atoms with Gasteiger partial charge in [-0.1, -0.05) is 37.1 Å². The third kappa shape index (κ3) is 3.81. The second kappa shape index (κ2) is 7.92. The van der Waals surface area contributed by atoms with Crippen molar-refractivity contribution in [3.8, 4) is 16.8 Å². The molecule has 1 aliphatic rings. The van der Waals surface area contributed by atoms with E-state index in [1.165, 1.54) is 24.8 Å². The number of nitrogens with two attached hydrogens (primary N) is 1. The zero-order valence-electron chi connectivity index (χ0n) is 17.2. The molecule has 5 nitrogen and oxygen atoms in total. The van der Waals surface area contributed by atoms with Crippen molar-refractivity contribution in [3.63, 3.8) is 0 Å². The van der Waals surface area contributed by atoms with Gasteiger partial charge in [-0.2, -0.15) is 5.10 Å². The highest BCUT2D eigenvalue weighted by atomic mass is 16.5. The van der Waals surface area contributed by atoms with Gasteiger partial charge >= 0.3 is 0 Å². The SMILES string of the molecule is COCc1nn(-c2ccc(CCC3CC3)cc2)c2cc(-c3ccnc(N)c3)ccc12. The summed E-state index contributed by atoms with van der Waals surface area (Å²) in [6, 6.07) is 19.0. The Hall–Kier alpha value is -3.18. The first-order valence-corrected chi connectivity index (χ1v) is 10.5. The zero-order chi connectivity index (χ0) is 20.5. The Morgan fingerprint density at radius 3 is 2.57 bits per heavy atom. The molecule has 0 saturated heterocycles. The van der Waals surface area contributed by atoms with E-state index >= 15 is 0 Å². The first-order valence-electron chi connectivity index (χ1n) is 10.5. The maximum absolute atomic E-state index is 5.89. The van der Waals surface area contributed by atoms with Gasteiger partial charge in [0.2, 0.25) is 0 Å². The number of aryl methyl sites for hydroxylation is 1. The van der Waals surface area contributed by atoms with Gasteiger partial charge in [0.25, 0.3) is 0 Å². The van der Waals surface area contributed by atoms with Crippen LogP contribution in [-0.2, 0) is 17.8 Å². The molecular weight excluding hydrogens is 372 g/mol. The van der Waals surface area contributed by atoms with Crippen molar-refractivity contribution < 1.29 is 4.74 Å². The first kappa shape index (κ1) is 18.8. The van der Waals surface area contributed by atoms with Gasteiger partial charge in [0.1, 0.15) is 5.82 Å². The predicted octanol–water partition coefficient (Wildman–Crippen LogP) is 5.16. The number of benzene rings is 2. The molecule has 1 aliphatic carbocycles. The fourth-order valence-corrected chi connectivity index (χ4v) is 4.01. The molecular formula is C25H26N4O. The molecule has 0 radical (unpaired) electrons. The summed E-state index contributed by atoms with van der Waals surface area (Å²) in [4.78, 5) is 4.10. The normalized spacial score (nSPS) is 13.8. The largest absolute Gasteiger partial charge is 0.384 e. The standard InChI is InChI=1S/C25H26N4O/c1-30-16-23-22-11-8-19(20-12-13-27-25(26)15-20)14-24(22)29(28-23)21-9-6-18(7-10-21)5-4-17-2-3-17/h6-15,17H,2-5,16H2,1H3,(H2,26,27). The molecule has 0 atom stereocenters. The molecule has 0 spiro atoms. The third-order valence-corrected chi connectivity index (χ3v) is 5.87. The van der Waals surface area contributed by atoms with Crippen molar-refractivity contribution in [2.24, 2.45) is 5.92 Å². The minimum Gasteiger partial charge on any atom is -0.384 e. The number of methoxy groups -OCH3 is 1. The van der Waals surface area contributed by atoms with E-state index in [0.29, 0.717) is 12.4 Å². The van der Waals surface area contributed by atoms with E-state index in [2.05, 4.69) is 47.4 Å². The Morgan fingerprint density at radius 1 is 1.03 bits per heavy atom. The summed E-state index contributed by atoms with van der Waals surface area (Å²) >= 11 is 0. The summed E-state index contributed by atoms with van der Waals surface area (Å²) in [5.74, 6) is 1.47. The zero-order valence-corrected chi connectivity index (χ0v) is 17.2. The number of rotatable bonds is 7. The van der Waals surface area contributed by atoms with Gasteiger partial charge in [-0.05, 0) is 65.8 Å². The third-order valence-electron chi connectivity index (χ3n) is 5.87. The van der Waals surface area contributed by atoms with Crippen LogP contribution in [0.25, 0.3) is 27.7 Å². The van der Waals surface area contributed by atoms with E-state index in [1.54, 1.807) is 13.3 Å². The number of anilines is 1. The molecule has 1 fully saturated rings. The molecule has 2 heterocycles. The van der Waals surface area contributed by atoms with Gasteiger partial charge in [0, 0.05) is 18.7 Å². The fraction of sp³-hybridized carbons (Fsp3) is 0.280. The average molecular weight is 399 g/mol. The van der Waals surface area contributed by atoms with Crippen LogP contribution in [-0.4, -0.2) is 21.9 Å². The summed E-state index contributed by atoms with van der Waals surface area (Å²) in [6.07, 6.45) is 7.02. The minimum absolute atomic E-state index is 0.477. The molecule has 0 aliphatic heterocycles.